The van der Waals surface area contributed by atoms with Gasteiger partial charge in [0, 0.05) is 6.07 Å². The highest BCUT2D eigenvalue weighted by atomic mass is 32.1. The zero-order chi connectivity index (χ0) is 17.8. The molecule has 0 atom stereocenters. The first kappa shape index (κ1) is 17.2. The standard InChI is InChI=1S/C19H19N3O2S/c1-4-6-7-14-8-9-15-17(12-14)25-19(22(15)10-5-2)20-18(23)16-11-13(3)21-24-16/h2,8-9,11-12H,4,6-7,10H2,1,3H3. The van der Waals surface area contributed by atoms with Crippen LogP contribution < -0.4 is 4.80 Å². The number of amides is 1. The highest BCUT2D eigenvalue weighted by molar-refractivity contribution is 7.16. The summed E-state index contributed by atoms with van der Waals surface area (Å²) >= 11 is 1.46. The van der Waals surface area contributed by atoms with Gasteiger partial charge in [0.25, 0.3) is 0 Å². The van der Waals surface area contributed by atoms with Crippen LogP contribution in [0.2, 0.25) is 0 Å². The quantitative estimate of drug-likeness (QED) is 0.657. The van der Waals surface area contributed by atoms with Gasteiger partial charge in [-0.15, -0.1) is 6.42 Å². The van der Waals surface area contributed by atoms with Crippen molar-refractivity contribution in [3.8, 4) is 12.3 Å². The first-order valence-corrected chi connectivity index (χ1v) is 9.02. The second kappa shape index (κ2) is 7.49. The molecule has 0 N–H and O–H groups in total. The lowest BCUT2D eigenvalue weighted by molar-refractivity contribution is 0.0962. The normalized spacial score (nSPS) is 11.8. The van der Waals surface area contributed by atoms with Crippen molar-refractivity contribution >= 4 is 27.5 Å². The number of rotatable bonds is 5. The van der Waals surface area contributed by atoms with E-state index in [-0.39, 0.29) is 5.76 Å². The van der Waals surface area contributed by atoms with Crippen LogP contribution in [0.25, 0.3) is 10.2 Å². The van der Waals surface area contributed by atoms with E-state index in [0.717, 1.165) is 29.5 Å². The molecule has 0 aliphatic carbocycles. The van der Waals surface area contributed by atoms with Crippen molar-refractivity contribution < 1.29 is 9.32 Å². The summed E-state index contributed by atoms with van der Waals surface area (Å²) in [5.74, 6) is 2.31. The number of thiazole rings is 1. The summed E-state index contributed by atoms with van der Waals surface area (Å²) in [5, 5.41) is 3.73. The molecule has 2 heterocycles. The fourth-order valence-electron chi connectivity index (χ4n) is 2.59. The minimum Gasteiger partial charge on any atom is -0.351 e. The Morgan fingerprint density at radius 2 is 2.28 bits per heavy atom. The predicted molar refractivity (Wildman–Crippen MR) is 98.4 cm³/mol. The average Bonchev–Trinajstić information content (AvgIpc) is 3.17. The van der Waals surface area contributed by atoms with Crippen LogP contribution in [0.3, 0.4) is 0 Å². The molecule has 0 aliphatic rings. The van der Waals surface area contributed by atoms with Gasteiger partial charge in [-0.3, -0.25) is 4.79 Å². The molecule has 1 amide bonds. The van der Waals surface area contributed by atoms with Gasteiger partial charge in [0.05, 0.1) is 22.5 Å². The molecule has 6 heteroatoms. The molecule has 0 saturated heterocycles. The number of hydrogen-bond acceptors (Lipinski definition) is 4. The third-order valence-electron chi connectivity index (χ3n) is 3.85. The van der Waals surface area contributed by atoms with Crippen molar-refractivity contribution in [1.29, 1.82) is 0 Å². The number of unbranched alkanes of at least 4 members (excludes halogenated alkanes) is 1. The summed E-state index contributed by atoms with van der Waals surface area (Å²) < 4.78 is 7.95. The zero-order valence-electron chi connectivity index (χ0n) is 14.3. The molecule has 0 fully saturated rings. The molecule has 128 valence electrons. The molecular formula is C19H19N3O2S. The zero-order valence-corrected chi connectivity index (χ0v) is 15.1. The van der Waals surface area contributed by atoms with E-state index < -0.39 is 5.91 Å². The van der Waals surface area contributed by atoms with Gasteiger partial charge in [-0.1, -0.05) is 41.8 Å². The summed E-state index contributed by atoms with van der Waals surface area (Å²) in [6.45, 7) is 4.30. The minimum atomic E-state index is -0.455. The Morgan fingerprint density at radius 1 is 1.44 bits per heavy atom. The molecule has 5 nitrogen and oxygen atoms in total. The van der Waals surface area contributed by atoms with Crippen molar-refractivity contribution in [2.24, 2.45) is 4.99 Å². The van der Waals surface area contributed by atoms with Crippen LogP contribution in [0.5, 0.6) is 0 Å². The molecule has 0 unspecified atom stereocenters. The molecule has 0 saturated carbocycles. The smallest absolute Gasteiger partial charge is 0.318 e. The van der Waals surface area contributed by atoms with Crippen molar-refractivity contribution in [2.45, 2.75) is 39.7 Å². The predicted octanol–water partition coefficient (Wildman–Crippen LogP) is 3.72. The lowest BCUT2D eigenvalue weighted by Crippen LogP contribution is -2.16. The van der Waals surface area contributed by atoms with Crippen LogP contribution >= 0.6 is 11.3 Å². The van der Waals surface area contributed by atoms with E-state index in [1.807, 2.05) is 4.57 Å². The first-order chi connectivity index (χ1) is 12.1. The highest BCUT2D eigenvalue weighted by Crippen LogP contribution is 2.20. The summed E-state index contributed by atoms with van der Waals surface area (Å²) in [4.78, 5) is 17.1. The van der Waals surface area contributed by atoms with E-state index in [1.165, 1.54) is 16.9 Å². The van der Waals surface area contributed by atoms with Crippen LogP contribution in [0.1, 0.15) is 41.6 Å². The van der Waals surface area contributed by atoms with Gasteiger partial charge in [0.15, 0.2) is 4.80 Å². The number of fused-ring (bicyclic) bond motifs is 1. The van der Waals surface area contributed by atoms with E-state index in [2.05, 4.69) is 41.2 Å². The molecular weight excluding hydrogens is 334 g/mol. The maximum absolute atomic E-state index is 12.3. The van der Waals surface area contributed by atoms with Gasteiger partial charge in [-0.05, 0) is 37.5 Å². The third-order valence-corrected chi connectivity index (χ3v) is 4.89. The Bertz CT molecular complexity index is 1020. The summed E-state index contributed by atoms with van der Waals surface area (Å²) in [6.07, 6.45) is 8.86. The maximum Gasteiger partial charge on any atom is 0.318 e. The molecule has 0 spiro atoms. The van der Waals surface area contributed by atoms with Crippen molar-refractivity contribution in [3.63, 3.8) is 0 Å². The fourth-order valence-corrected chi connectivity index (χ4v) is 3.68. The second-order valence-corrected chi connectivity index (χ2v) is 6.84. The number of terminal acetylenes is 1. The van der Waals surface area contributed by atoms with Gasteiger partial charge < -0.3 is 9.09 Å². The van der Waals surface area contributed by atoms with Crippen LogP contribution in [0, 0.1) is 19.3 Å². The first-order valence-electron chi connectivity index (χ1n) is 8.20. The van der Waals surface area contributed by atoms with E-state index in [4.69, 9.17) is 10.9 Å². The lowest BCUT2D eigenvalue weighted by atomic mass is 10.1. The molecule has 0 aliphatic heterocycles. The molecule has 3 rings (SSSR count). The number of carbonyl (C=O) groups excluding carboxylic acids is 1. The van der Waals surface area contributed by atoms with Crippen molar-refractivity contribution in [1.82, 2.24) is 9.72 Å². The van der Waals surface area contributed by atoms with Gasteiger partial charge in [-0.2, -0.15) is 4.99 Å². The minimum absolute atomic E-state index is 0.130. The summed E-state index contributed by atoms with van der Waals surface area (Å²) in [7, 11) is 0. The largest absolute Gasteiger partial charge is 0.351 e. The monoisotopic (exact) mass is 353 g/mol. The molecule has 3 aromatic rings. The van der Waals surface area contributed by atoms with E-state index in [0.29, 0.717) is 17.0 Å². The number of aryl methyl sites for hydroxylation is 2. The Labute approximate surface area is 150 Å². The number of aromatic nitrogens is 2. The van der Waals surface area contributed by atoms with E-state index in [9.17, 15) is 4.79 Å². The van der Waals surface area contributed by atoms with Crippen LogP contribution in [0.4, 0.5) is 0 Å². The molecule has 2 aromatic heterocycles. The molecule has 0 bridgehead atoms. The van der Waals surface area contributed by atoms with Gasteiger partial charge in [0.2, 0.25) is 5.76 Å². The molecule has 0 radical (unpaired) electrons. The molecule has 1 aromatic carbocycles. The summed E-state index contributed by atoms with van der Waals surface area (Å²) in [6, 6.07) is 7.90. The Kier molecular flexibility index (Phi) is 5.15. The second-order valence-electron chi connectivity index (χ2n) is 5.83. The van der Waals surface area contributed by atoms with Crippen LogP contribution in [-0.2, 0) is 13.0 Å². The average molecular weight is 353 g/mol. The van der Waals surface area contributed by atoms with Crippen molar-refractivity contribution in [2.75, 3.05) is 0 Å². The van der Waals surface area contributed by atoms with Gasteiger partial charge in [0.1, 0.15) is 0 Å². The Balaban J connectivity index is 2.06. The number of benzene rings is 1. The van der Waals surface area contributed by atoms with Gasteiger partial charge >= 0.3 is 5.91 Å². The number of carbonyl (C=O) groups is 1. The topological polar surface area (TPSA) is 60.4 Å². The van der Waals surface area contributed by atoms with E-state index in [1.54, 1.807) is 13.0 Å². The van der Waals surface area contributed by atoms with Crippen molar-refractivity contribution in [3.05, 3.63) is 46.1 Å². The van der Waals surface area contributed by atoms with Gasteiger partial charge in [-0.25, -0.2) is 0 Å². The maximum atomic E-state index is 12.3. The Hall–Kier alpha value is -2.65. The highest BCUT2D eigenvalue weighted by Gasteiger charge is 2.13. The summed E-state index contributed by atoms with van der Waals surface area (Å²) in [5.41, 5.74) is 2.92. The Morgan fingerprint density at radius 3 is 2.96 bits per heavy atom. The number of nitrogens with zero attached hydrogens (tertiary/aromatic N) is 3. The molecule has 25 heavy (non-hydrogen) atoms. The fraction of sp³-hybridized carbons (Fsp3) is 0.316. The van der Waals surface area contributed by atoms with E-state index >= 15 is 0 Å². The third kappa shape index (κ3) is 3.72. The van der Waals surface area contributed by atoms with Crippen LogP contribution in [-0.4, -0.2) is 15.6 Å². The van der Waals surface area contributed by atoms with Crippen LogP contribution in [0.15, 0.2) is 33.8 Å². The number of hydrogen-bond donors (Lipinski definition) is 0. The SMILES string of the molecule is C#CCn1c(=NC(=O)c2cc(C)no2)sc2cc(CCCC)ccc21. The lowest BCUT2D eigenvalue weighted by Gasteiger charge is -2.02.